The predicted molar refractivity (Wildman–Crippen MR) is 110 cm³/mol. The molecule has 1 aliphatic rings. The lowest BCUT2D eigenvalue weighted by atomic mass is 10.0. The van der Waals surface area contributed by atoms with Crippen molar-refractivity contribution in [2.24, 2.45) is 5.41 Å². The van der Waals surface area contributed by atoms with Crippen LogP contribution in [0, 0.1) is 5.41 Å². The van der Waals surface area contributed by atoms with E-state index in [9.17, 15) is 9.59 Å². The van der Waals surface area contributed by atoms with E-state index in [-0.39, 0.29) is 11.8 Å². The highest BCUT2D eigenvalue weighted by Gasteiger charge is 2.56. The molecule has 0 atom stereocenters. The molecular weight excluding hydrogens is 372 g/mol. The number of rotatable bonds is 9. The van der Waals surface area contributed by atoms with Crippen LogP contribution >= 0.6 is 0 Å². The van der Waals surface area contributed by atoms with Gasteiger partial charge in [0.05, 0.1) is 27.0 Å². The first-order valence-corrected chi connectivity index (χ1v) is 9.47. The van der Waals surface area contributed by atoms with E-state index in [0.717, 1.165) is 11.3 Å². The maximum atomic E-state index is 12.8. The first-order valence-electron chi connectivity index (χ1n) is 9.47. The van der Waals surface area contributed by atoms with Gasteiger partial charge in [0.2, 0.25) is 11.8 Å². The molecule has 2 aromatic carbocycles. The fourth-order valence-electron chi connectivity index (χ4n) is 3.12. The van der Waals surface area contributed by atoms with Crippen molar-refractivity contribution in [2.45, 2.75) is 19.3 Å². The Hall–Kier alpha value is -3.22. The van der Waals surface area contributed by atoms with Crippen LogP contribution in [0.3, 0.4) is 0 Å². The van der Waals surface area contributed by atoms with Gasteiger partial charge in [-0.05, 0) is 49.1 Å². The molecule has 2 N–H and O–H groups in total. The van der Waals surface area contributed by atoms with E-state index in [1.165, 1.54) is 7.11 Å². The number of hydrogen-bond acceptors (Lipinski definition) is 5. The number of benzene rings is 2. The lowest BCUT2D eigenvalue weighted by Gasteiger charge is -2.17. The van der Waals surface area contributed by atoms with Crippen LogP contribution in [-0.2, 0) is 16.0 Å². The van der Waals surface area contributed by atoms with Gasteiger partial charge in [-0.1, -0.05) is 12.1 Å². The lowest BCUT2D eigenvalue weighted by Crippen LogP contribution is -2.40. The summed E-state index contributed by atoms with van der Waals surface area (Å²) in [5.74, 6) is 1.32. The van der Waals surface area contributed by atoms with Crippen molar-refractivity contribution in [1.82, 2.24) is 5.32 Å². The Morgan fingerprint density at radius 2 is 1.55 bits per heavy atom. The van der Waals surface area contributed by atoms with Crippen molar-refractivity contribution in [3.8, 4) is 17.2 Å². The van der Waals surface area contributed by atoms with Gasteiger partial charge >= 0.3 is 0 Å². The van der Waals surface area contributed by atoms with Crippen LogP contribution in [0.15, 0.2) is 42.5 Å². The van der Waals surface area contributed by atoms with Crippen molar-refractivity contribution >= 4 is 17.5 Å². The van der Waals surface area contributed by atoms with E-state index in [4.69, 9.17) is 14.2 Å². The second-order valence-corrected chi connectivity index (χ2v) is 6.96. The normalized spacial score (nSPS) is 13.9. The van der Waals surface area contributed by atoms with Crippen molar-refractivity contribution in [3.63, 3.8) is 0 Å². The number of carbonyl (C=O) groups is 2. The second kappa shape index (κ2) is 8.86. The smallest absolute Gasteiger partial charge is 0.240 e. The fourth-order valence-corrected chi connectivity index (χ4v) is 3.12. The van der Waals surface area contributed by atoms with E-state index in [1.54, 1.807) is 32.4 Å². The Kier molecular flexibility index (Phi) is 6.26. The monoisotopic (exact) mass is 398 g/mol. The Labute approximate surface area is 170 Å². The molecule has 0 aliphatic heterocycles. The number of nitrogens with one attached hydrogen (secondary N) is 2. The summed E-state index contributed by atoms with van der Waals surface area (Å²) >= 11 is 0. The minimum absolute atomic E-state index is 0.245. The average Bonchev–Trinajstić information content (AvgIpc) is 3.56. The zero-order valence-electron chi connectivity index (χ0n) is 16.9. The molecule has 2 amide bonds. The third-order valence-corrected chi connectivity index (χ3v) is 5.13. The molecule has 7 heteroatoms. The molecule has 1 fully saturated rings. The highest BCUT2D eigenvalue weighted by Crippen LogP contribution is 2.47. The van der Waals surface area contributed by atoms with Crippen molar-refractivity contribution in [1.29, 1.82) is 0 Å². The minimum Gasteiger partial charge on any atom is -0.497 e. The minimum atomic E-state index is -1.02. The van der Waals surface area contributed by atoms with Gasteiger partial charge in [-0.2, -0.15) is 0 Å². The highest BCUT2D eigenvalue weighted by molar-refractivity contribution is 6.13. The molecular formula is C22H26N2O5. The summed E-state index contributed by atoms with van der Waals surface area (Å²) in [6.45, 7) is 0.461. The van der Waals surface area contributed by atoms with E-state index in [2.05, 4.69) is 10.6 Å². The van der Waals surface area contributed by atoms with Crippen molar-refractivity contribution < 1.29 is 23.8 Å². The largest absolute Gasteiger partial charge is 0.497 e. The summed E-state index contributed by atoms with van der Waals surface area (Å²) in [7, 11) is 4.69. The Bertz CT molecular complexity index is 875. The molecule has 0 spiro atoms. The van der Waals surface area contributed by atoms with Crippen molar-refractivity contribution in [2.75, 3.05) is 33.2 Å². The number of amides is 2. The van der Waals surface area contributed by atoms with Gasteiger partial charge < -0.3 is 24.8 Å². The number of anilines is 1. The summed E-state index contributed by atoms with van der Waals surface area (Å²) < 4.78 is 15.6. The summed E-state index contributed by atoms with van der Waals surface area (Å²) in [6, 6.07) is 12.8. The molecule has 1 saturated carbocycles. The van der Waals surface area contributed by atoms with Gasteiger partial charge in [0, 0.05) is 12.6 Å². The molecule has 0 saturated heterocycles. The number of ether oxygens (including phenoxy) is 3. The maximum absolute atomic E-state index is 12.8. The molecule has 0 unspecified atom stereocenters. The molecule has 0 bridgehead atoms. The summed E-state index contributed by atoms with van der Waals surface area (Å²) in [6.07, 6.45) is 1.73. The SMILES string of the molecule is COc1ccc(CCNC(=O)C2(C(=O)Nc3cc(OC)ccc3OC)CC2)cc1. The molecule has 29 heavy (non-hydrogen) atoms. The summed E-state index contributed by atoms with van der Waals surface area (Å²) in [5, 5.41) is 5.72. The maximum Gasteiger partial charge on any atom is 0.240 e. The van der Waals surface area contributed by atoms with Crippen LogP contribution in [-0.4, -0.2) is 39.7 Å². The molecule has 7 nitrogen and oxygen atoms in total. The van der Waals surface area contributed by atoms with Crippen LogP contribution in [0.4, 0.5) is 5.69 Å². The van der Waals surface area contributed by atoms with E-state index < -0.39 is 5.41 Å². The summed E-state index contributed by atoms with van der Waals surface area (Å²) in [4.78, 5) is 25.5. The van der Waals surface area contributed by atoms with Crippen LogP contribution in [0.2, 0.25) is 0 Å². The number of carbonyl (C=O) groups excluding carboxylic acids is 2. The lowest BCUT2D eigenvalue weighted by molar-refractivity contribution is -0.134. The van der Waals surface area contributed by atoms with Gasteiger partial charge in [-0.15, -0.1) is 0 Å². The van der Waals surface area contributed by atoms with E-state index in [1.807, 2.05) is 24.3 Å². The standard InChI is InChI=1S/C22H26N2O5/c1-27-16-6-4-15(5-7-16)10-13-23-20(25)22(11-12-22)21(26)24-18-14-17(28-2)8-9-19(18)29-3/h4-9,14H,10-13H2,1-3H3,(H,23,25)(H,24,26). The number of hydrogen-bond donors (Lipinski definition) is 2. The predicted octanol–water partition coefficient (Wildman–Crippen LogP) is 2.79. The molecule has 0 heterocycles. The molecule has 0 aromatic heterocycles. The molecule has 1 aliphatic carbocycles. The Morgan fingerprint density at radius 3 is 2.14 bits per heavy atom. The fraction of sp³-hybridized carbons (Fsp3) is 0.364. The van der Waals surface area contributed by atoms with E-state index in [0.29, 0.717) is 43.0 Å². The van der Waals surface area contributed by atoms with E-state index >= 15 is 0 Å². The molecule has 0 radical (unpaired) electrons. The topological polar surface area (TPSA) is 85.9 Å². The average molecular weight is 398 g/mol. The van der Waals surface area contributed by atoms with Gasteiger partial charge in [0.1, 0.15) is 22.7 Å². The zero-order valence-corrected chi connectivity index (χ0v) is 16.9. The first kappa shape index (κ1) is 20.5. The van der Waals surface area contributed by atoms with Gasteiger partial charge in [-0.3, -0.25) is 9.59 Å². The van der Waals surface area contributed by atoms with Crippen molar-refractivity contribution in [3.05, 3.63) is 48.0 Å². The third-order valence-electron chi connectivity index (χ3n) is 5.13. The second-order valence-electron chi connectivity index (χ2n) is 6.96. The third kappa shape index (κ3) is 4.62. The van der Waals surface area contributed by atoms with Crippen LogP contribution in [0.1, 0.15) is 18.4 Å². The highest BCUT2D eigenvalue weighted by atomic mass is 16.5. The Morgan fingerprint density at radius 1 is 0.897 bits per heavy atom. The van der Waals surface area contributed by atoms with Crippen LogP contribution < -0.4 is 24.8 Å². The summed E-state index contributed by atoms with van der Waals surface area (Å²) in [5.41, 5.74) is 0.546. The first-order chi connectivity index (χ1) is 14.0. The molecule has 154 valence electrons. The molecule has 2 aromatic rings. The Balaban J connectivity index is 1.58. The van der Waals surface area contributed by atoms with Gasteiger partial charge in [0.15, 0.2) is 0 Å². The van der Waals surface area contributed by atoms with Gasteiger partial charge in [0.25, 0.3) is 0 Å². The van der Waals surface area contributed by atoms with Crippen LogP contribution in [0.5, 0.6) is 17.2 Å². The van der Waals surface area contributed by atoms with Crippen LogP contribution in [0.25, 0.3) is 0 Å². The zero-order chi connectivity index (χ0) is 20.9. The van der Waals surface area contributed by atoms with Gasteiger partial charge in [-0.25, -0.2) is 0 Å². The number of methoxy groups -OCH3 is 3. The molecule has 3 rings (SSSR count). The quantitative estimate of drug-likeness (QED) is 0.635.